The standard InChI is InChI=1S/C16H20N4O/c21-15(13-8-16(13)4-2-1-3-5-16)19-10-12-9-18-14-11-17-6-7-20(12)14/h6-7,9,11,13H,1-5,8,10H2,(H,19,21)/t13-/m0/s1. The average Bonchev–Trinajstić information content (AvgIpc) is 3.05. The summed E-state index contributed by atoms with van der Waals surface area (Å²) >= 11 is 0. The summed E-state index contributed by atoms with van der Waals surface area (Å²) in [7, 11) is 0. The quantitative estimate of drug-likeness (QED) is 0.941. The van der Waals surface area contributed by atoms with Crippen molar-refractivity contribution >= 4 is 11.6 Å². The second-order valence-corrected chi connectivity index (χ2v) is 6.45. The molecule has 2 aliphatic rings. The number of carbonyl (C=O) groups is 1. The Morgan fingerprint density at radius 1 is 1.33 bits per heavy atom. The SMILES string of the molecule is O=C(NCc1cnc2cnccn12)[C@@H]1CC12CCCCC2. The summed E-state index contributed by atoms with van der Waals surface area (Å²) in [5, 5.41) is 3.09. The summed E-state index contributed by atoms with van der Waals surface area (Å²) in [5.74, 6) is 0.472. The highest BCUT2D eigenvalue weighted by Crippen LogP contribution is 2.61. The van der Waals surface area contributed by atoms with Gasteiger partial charge in [-0.2, -0.15) is 0 Å². The number of carbonyl (C=O) groups excluding carboxylic acids is 1. The number of hydrogen-bond acceptors (Lipinski definition) is 3. The zero-order chi connectivity index (χ0) is 14.3. The molecule has 5 nitrogen and oxygen atoms in total. The van der Waals surface area contributed by atoms with Gasteiger partial charge in [0.05, 0.1) is 24.6 Å². The lowest BCUT2D eigenvalue weighted by Crippen LogP contribution is -2.28. The first-order valence-corrected chi connectivity index (χ1v) is 7.82. The van der Waals surface area contributed by atoms with Gasteiger partial charge in [-0.3, -0.25) is 14.2 Å². The topological polar surface area (TPSA) is 59.3 Å². The summed E-state index contributed by atoms with van der Waals surface area (Å²) in [6, 6.07) is 0. The molecule has 1 N–H and O–H groups in total. The molecule has 5 heteroatoms. The van der Waals surface area contributed by atoms with Crippen LogP contribution in [0.2, 0.25) is 0 Å². The van der Waals surface area contributed by atoms with Gasteiger partial charge in [0.2, 0.25) is 5.91 Å². The van der Waals surface area contributed by atoms with E-state index in [9.17, 15) is 4.79 Å². The van der Waals surface area contributed by atoms with E-state index in [0.29, 0.717) is 12.0 Å². The van der Waals surface area contributed by atoms with E-state index < -0.39 is 0 Å². The first-order chi connectivity index (χ1) is 10.3. The first-order valence-electron chi connectivity index (χ1n) is 7.82. The number of aromatic nitrogens is 3. The van der Waals surface area contributed by atoms with Crippen molar-refractivity contribution in [1.29, 1.82) is 0 Å². The van der Waals surface area contributed by atoms with Gasteiger partial charge < -0.3 is 5.32 Å². The Morgan fingerprint density at radius 2 is 2.19 bits per heavy atom. The smallest absolute Gasteiger partial charge is 0.224 e. The summed E-state index contributed by atoms with van der Waals surface area (Å²) in [6.45, 7) is 0.538. The fourth-order valence-corrected chi connectivity index (χ4v) is 3.85. The molecular formula is C16H20N4O. The van der Waals surface area contributed by atoms with Crippen molar-refractivity contribution in [2.45, 2.75) is 45.1 Å². The molecule has 0 unspecified atom stereocenters. The fourth-order valence-electron chi connectivity index (χ4n) is 3.85. The largest absolute Gasteiger partial charge is 0.350 e. The summed E-state index contributed by atoms with van der Waals surface area (Å²) in [5.41, 5.74) is 2.17. The van der Waals surface area contributed by atoms with Crippen LogP contribution in [-0.4, -0.2) is 20.3 Å². The Bertz CT molecular complexity index is 672. The molecule has 0 bridgehead atoms. The summed E-state index contributed by atoms with van der Waals surface area (Å²) in [6.07, 6.45) is 14.7. The number of nitrogens with one attached hydrogen (secondary N) is 1. The van der Waals surface area contributed by atoms with Crippen LogP contribution < -0.4 is 5.32 Å². The Hall–Kier alpha value is -1.91. The van der Waals surface area contributed by atoms with E-state index in [1.807, 2.05) is 10.6 Å². The van der Waals surface area contributed by atoms with Gasteiger partial charge in [0.1, 0.15) is 0 Å². The molecule has 2 saturated carbocycles. The highest BCUT2D eigenvalue weighted by molar-refractivity contribution is 5.82. The molecule has 1 spiro atoms. The number of nitrogens with zero attached hydrogens (tertiary/aromatic N) is 3. The third-order valence-electron chi connectivity index (χ3n) is 5.19. The van der Waals surface area contributed by atoms with Crippen LogP contribution >= 0.6 is 0 Å². The van der Waals surface area contributed by atoms with E-state index in [1.165, 1.54) is 32.1 Å². The lowest BCUT2D eigenvalue weighted by atomic mass is 9.84. The van der Waals surface area contributed by atoms with Gasteiger partial charge in [0.25, 0.3) is 0 Å². The molecule has 0 saturated heterocycles. The third kappa shape index (κ3) is 2.20. The van der Waals surface area contributed by atoms with E-state index >= 15 is 0 Å². The van der Waals surface area contributed by atoms with Crippen LogP contribution in [-0.2, 0) is 11.3 Å². The average molecular weight is 284 g/mol. The highest BCUT2D eigenvalue weighted by atomic mass is 16.2. The van der Waals surface area contributed by atoms with Crippen molar-refractivity contribution in [1.82, 2.24) is 19.7 Å². The highest BCUT2D eigenvalue weighted by Gasteiger charge is 2.57. The molecule has 4 rings (SSSR count). The van der Waals surface area contributed by atoms with Crippen LogP contribution in [0, 0.1) is 11.3 Å². The minimum Gasteiger partial charge on any atom is -0.350 e. The Balaban J connectivity index is 1.40. The molecule has 2 aromatic heterocycles. The fraction of sp³-hybridized carbons (Fsp3) is 0.562. The molecule has 2 aromatic rings. The number of rotatable bonds is 3. The van der Waals surface area contributed by atoms with Crippen molar-refractivity contribution in [3.05, 3.63) is 30.5 Å². The molecule has 21 heavy (non-hydrogen) atoms. The van der Waals surface area contributed by atoms with E-state index in [0.717, 1.165) is 17.8 Å². The van der Waals surface area contributed by atoms with E-state index in [-0.39, 0.29) is 11.8 Å². The third-order valence-corrected chi connectivity index (χ3v) is 5.19. The second kappa shape index (κ2) is 4.83. The van der Waals surface area contributed by atoms with Crippen LogP contribution in [0.5, 0.6) is 0 Å². The molecule has 110 valence electrons. The van der Waals surface area contributed by atoms with E-state index in [2.05, 4.69) is 15.3 Å². The van der Waals surface area contributed by atoms with Crippen molar-refractivity contribution in [3.8, 4) is 0 Å². The second-order valence-electron chi connectivity index (χ2n) is 6.45. The molecule has 2 heterocycles. The van der Waals surface area contributed by atoms with Gasteiger partial charge >= 0.3 is 0 Å². The Labute approximate surface area is 123 Å². The molecular weight excluding hydrogens is 264 g/mol. The Kier molecular flexibility index (Phi) is 2.94. The Morgan fingerprint density at radius 3 is 3.05 bits per heavy atom. The van der Waals surface area contributed by atoms with Gasteiger partial charge in [-0.1, -0.05) is 19.3 Å². The molecule has 0 aromatic carbocycles. The number of fused-ring (bicyclic) bond motifs is 1. The van der Waals surface area contributed by atoms with Gasteiger partial charge in [0, 0.05) is 18.3 Å². The van der Waals surface area contributed by atoms with E-state index in [1.54, 1.807) is 18.6 Å². The molecule has 0 aliphatic heterocycles. The monoisotopic (exact) mass is 284 g/mol. The maximum atomic E-state index is 12.4. The predicted octanol–water partition coefficient (Wildman–Crippen LogP) is 2.32. The van der Waals surface area contributed by atoms with Crippen molar-refractivity contribution < 1.29 is 4.79 Å². The van der Waals surface area contributed by atoms with Crippen molar-refractivity contribution in [3.63, 3.8) is 0 Å². The normalized spacial score (nSPS) is 23.3. The molecule has 1 atom stereocenters. The number of imidazole rings is 1. The maximum Gasteiger partial charge on any atom is 0.224 e. The lowest BCUT2D eigenvalue weighted by Gasteiger charge is -2.22. The lowest BCUT2D eigenvalue weighted by molar-refractivity contribution is -0.123. The van der Waals surface area contributed by atoms with Gasteiger partial charge in [-0.15, -0.1) is 0 Å². The van der Waals surface area contributed by atoms with Crippen LogP contribution in [0.1, 0.15) is 44.2 Å². The van der Waals surface area contributed by atoms with Crippen molar-refractivity contribution in [2.75, 3.05) is 0 Å². The number of hydrogen-bond donors (Lipinski definition) is 1. The van der Waals surface area contributed by atoms with Gasteiger partial charge in [-0.25, -0.2) is 4.98 Å². The molecule has 2 aliphatic carbocycles. The minimum atomic E-state index is 0.223. The number of amides is 1. The van der Waals surface area contributed by atoms with Crippen LogP contribution in [0.3, 0.4) is 0 Å². The van der Waals surface area contributed by atoms with Crippen LogP contribution in [0.4, 0.5) is 0 Å². The molecule has 1 amide bonds. The van der Waals surface area contributed by atoms with Crippen LogP contribution in [0.25, 0.3) is 5.65 Å². The van der Waals surface area contributed by atoms with Crippen LogP contribution in [0.15, 0.2) is 24.8 Å². The van der Waals surface area contributed by atoms with Gasteiger partial charge in [0.15, 0.2) is 5.65 Å². The maximum absolute atomic E-state index is 12.4. The van der Waals surface area contributed by atoms with E-state index in [4.69, 9.17) is 0 Å². The minimum absolute atomic E-state index is 0.223. The van der Waals surface area contributed by atoms with Crippen molar-refractivity contribution in [2.24, 2.45) is 11.3 Å². The predicted molar refractivity (Wildman–Crippen MR) is 78.5 cm³/mol. The summed E-state index contributed by atoms with van der Waals surface area (Å²) in [4.78, 5) is 20.7. The summed E-state index contributed by atoms with van der Waals surface area (Å²) < 4.78 is 1.97. The zero-order valence-electron chi connectivity index (χ0n) is 12.1. The first kappa shape index (κ1) is 12.8. The zero-order valence-corrected chi connectivity index (χ0v) is 12.1. The van der Waals surface area contributed by atoms with Gasteiger partial charge in [-0.05, 0) is 24.7 Å². The molecule has 0 radical (unpaired) electrons. The molecule has 2 fully saturated rings.